The van der Waals surface area contributed by atoms with Crippen LogP contribution in [0.5, 0.6) is 0 Å². The number of aromatic nitrogens is 2. The minimum Gasteiger partial charge on any atom is -0.441 e. The Kier molecular flexibility index (Phi) is 6.22. The van der Waals surface area contributed by atoms with E-state index in [2.05, 4.69) is 68.2 Å². The van der Waals surface area contributed by atoms with Crippen LogP contribution in [-0.2, 0) is 11.8 Å². The number of alkyl halides is 3. The molecule has 2 heterocycles. The Morgan fingerprint density at radius 1 is 0.683 bits per heavy atom. The van der Waals surface area contributed by atoms with Gasteiger partial charge < -0.3 is 4.42 Å². The van der Waals surface area contributed by atoms with Crippen molar-refractivity contribution in [2.75, 3.05) is 0 Å². The number of hydrogen-bond acceptors (Lipinski definition) is 3. The summed E-state index contributed by atoms with van der Waals surface area (Å²) in [6, 6.07) is 28.5. The van der Waals surface area contributed by atoms with Gasteiger partial charge in [0.25, 0.3) is 0 Å². The molecule has 208 valence electrons. The third-order valence-corrected chi connectivity index (χ3v) is 7.79. The molecule has 0 radical (unpaired) electrons. The van der Waals surface area contributed by atoms with E-state index in [1.54, 1.807) is 6.07 Å². The Hall–Kier alpha value is -4.19. The Morgan fingerprint density at radius 3 is 2.12 bits per heavy atom. The van der Waals surface area contributed by atoms with Crippen LogP contribution in [0, 0.1) is 5.41 Å². The molecule has 0 aliphatic rings. The Bertz CT molecular complexity index is 1930. The second-order valence-corrected chi connectivity index (χ2v) is 12.4. The van der Waals surface area contributed by atoms with E-state index in [9.17, 15) is 13.2 Å². The van der Waals surface area contributed by atoms with Gasteiger partial charge in [0.15, 0.2) is 11.5 Å². The Balaban J connectivity index is 1.50. The third kappa shape index (κ3) is 4.96. The third-order valence-electron chi connectivity index (χ3n) is 7.79. The largest absolute Gasteiger partial charge is 0.441 e. The monoisotopic (exact) mass is 552 g/mol. The molecule has 4 aromatic carbocycles. The van der Waals surface area contributed by atoms with E-state index >= 15 is 0 Å². The first-order chi connectivity index (χ1) is 19.3. The van der Waals surface area contributed by atoms with Gasteiger partial charge in [0, 0.05) is 17.4 Å². The van der Waals surface area contributed by atoms with Gasteiger partial charge in [-0.05, 0) is 69.3 Å². The fraction of sp³-hybridized carbons (Fsp3) is 0.257. The normalized spacial score (nSPS) is 13.0. The van der Waals surface area contributed by atoms with Crippen molar-refractivity contribution in [1.29, 1.82) is 0 Å². The van der Waals surface area contributed by atoms with Gasteiger partial charge in [0.1, 0.15) is 5.52 Å². The van der Waals surface area contributed by atoms with Crippen molar-refractivity contribution in [1.82, 2.24) is 9.97 Å². The zero-order valence-corrected chi connectivity index (χ0v) is 23.7. The number of para-hydroxylation sites is 1. The van der Waals surface area contributed by atoms with E-state index in [1.807, 2.05) is 36.4 Å². The number of rotatable bonds is 4. The average Bonchev–Trinajstić information content (AvgIpc) is 3.31. The van der Waals surface area contributed by atoms with Crippen LogP contribution < -0.4 is 0 Å². The first-order valence-electron chi connectivity index (χ1n) is 13.7. The van der Waals surface area contributed by atoms with E-state index in [1.165, 1.54) is 10.9 Å². The van der Waals surface area contributed by atoms with Crippen molar-refractivity contribution in [2.24, 2.45) is 5.41 Å². The van der Waals surface area contributed by atoms with Gasteiger partial charge in [-0.15, -0.1) is 0 Å². The summed E-state index contributed by atoms with van der Waals surface area (Å²) in [5, 5.41) is 3.36. The second kappa shape index (κ2) is 9.44. The van der Waals surface area contributed by atoms with E-state index in [-0.39, 0.29) is 17.7 Å². The summed E-state index contributed by atoms with van der Waals surface area (Å²) in [7, 11) is 0. The summed E-state index contributed by atoms with van der Waals surface area (Å²) in [6.07, 6.45) is -4.69. The predicted octanol–water partition coefficient (Wildman–Crippen LogP) is 10.3. The molecular formula is C35H31F3N2O. The van der Waals surface area contributed by atoms with Crippen molar-refractivity contribution in [2.45, 2.75) is 52.6 Å². The summed E-state index contributed by atoms with van der Waals surface area (Å²) < 4.78 is 46.3. The molecule has 0 saturated heterocycles. The van der Waals surface area contributed by atoms with Gasteiger partial charge in [-0.1, -0.05) is 83.1 Å². The molecule has 0 atom stereocenters. The quantitative estimate of drug-likeness (QED) is 0.218. The fourth-order valence-electron chi connectivity index (χ4n) is 5.33. The van der Waals surface area contributed by atoms with Crippen LogP contribution in [0.25, 0.3) is 55.2 Å². The standard InChI is InChI=1S/C35H31F3N2O/c1-33(2,3)27-17-23(16-21-10-6-7-11-24(21)27)30-19-26(25-12-8-9-13-28(25)39-30)22-14-15-29-31(18-22)41-32(40-29)20-34(4,5)35(36,37)38/h6-19H,20H2,1-5H3. The van der Waals surface area contributed by atoms with Crippen LogP contribution in [0.1, 0.15) is 46.1 Å². The number of oxazole rings is 1. The highest BCUT2D eigenvalue weighted by Gasteiger charge is 2.48. The van der Waals surface area contributed by atoms with Gasteiger partial charge >= 0.3 is 6.18 Å². The SMILES string of the molecule is CC(C)(C)c1cc(-c2cc(-c3ccc4nc(CC(C)(C)C(F)(F)F)oc4c3)c3ccccc3n2)cc2ccccc12. The molecule has 0 amide bonds. The van der Waals surface area contributed by atoms with Crippen molar-refractivity contribution < 1.29 is 17.6 Å². The molecule has 6 rings (SSSR count). The Morgan fingerprint density at radius 2 is 1.39 bits per heavy atom. The van der Waals surface area contributed by atoms with Gasteiger partial charge in [0.2, 0.25) is 0 Å². The number of halogens is 3. The van der Waals surface area contributed by atoms with E-state index in [0.29, 0.717) is 11.1 Å². The van der Waals surface area contributed by atoms with Gasteiger partial charge in [-0.3, -0.25) is 0 Å². The summed E-state index contributed by atoms with van der Waals surface area (Å²) >= 11 is 0. The molecule has 0 N–H and O–H groups in total. The predicted molar refractivity (Wildman–Crippen MR) is 160 cm³/mol. The van der Waals surface area contributed by atoms with Gasteiger partial charge in [-0.25, -0.2) is 9.97 Å². The lowest BCUT2D eigenvalue weighted by Crippen LogP contribution is -2.34. The Labute approximate surface area is 237 Å². The molecule has 0 bridgehead atoms. The molecule has 0 spiro atoms. The lowest BCUT2D eigenvalue weighted by molar-refractivity contribution is -0.212. The van der Waals surface area contributed by atoms with Crippen molar-refractivity contribution in [3.05, 3.63) is 96.4 Å². The van der Waals surface area contributed by atoms with E-state index in [4.69, 9.17) is 9.40 Å². The van der Waals surface area contributed by atoms with Crippen LogP contribution in [0.4, 0.5) is 13.2 Å². The summed E-state index contributed by atoms with van der Waals surface area (Å²) in [6.45, 7) is 8.98. The number of benzene rings is 4. The molecule has 0 aliphatic heterocycles. The van der Waals surface area contributed by atoms with Crippen molar-refractivity contribution in [3.63, 3.8) is 0 Å². The van der Waals surface area contributed by atoms with Crippen LogP contribution in [-0.4, -0.2) is 16.1 Å². The molecule has 0 aliphatic carbocycles. The fourth-order valence-corrected chi connectivity index (χ4v) is 5.33. The second-order valence-electron chi connectivity index (χ2n) is 12.4. The number of nitrogens with zero attached hydrogens (tertiary/aromatic N) is 2. The molecular weight excluding hydrogens is 521 g/mol. The van der Waals surface area contributed by atoms with Crippen molar-refractivity contribution in [3.8, 4) is 22.4 Å². The molecule has 0 unspecified atom stereocenters. The van der Waals surface area contributed by atoms with E-state index in [0.717, 1.165) is 52.5 Å². The highest BCUT2D eigenvalue weighted by Crippen LogP contribution is 2.41. The number of pyridine rings is 1. The molecule has 3 nitrogen and oxygen atoms in total. The minimum atomic E-state index is -4.36. The lowest BCUT2D eigenvalue weighted by Gasteiger charge is -2.25. The van der Waals surface area contributed by atoms with Gasteiger partial charge in [-0.2, -0.15) is 13.2 Å². The maximum absolute atomic E-state index is 13.5. The number of fused-ring (bicyclic) bond motifs is 3. The lowest BCUT2D eigenvalue weighted by atomic mass is 9.82. The molecule has 6 heteroatoms. The van der Waals surface area contributed by atoms with Crippen LogP contribution in [0.15, 0.2) is 89.3 Å². The molecule has 41 heavy (non-hydrogen) atoms. The average molecular weight is 553 g/mol. The van der Waals surface area contributed by atoms with Gasteiger partial charge in [0.05, 0.1) is 16.6 Å². The van der Waals surface area contributed by atoms with Crippen LogP contribution >= 0.6 is 0 Å². The van der Waals surface area contributed by atoms with E-state index < -0.39 is 11.6 Å². The number of hydrogen-bond donors (Lipinski definition) is 0. The highest BCUT2D eigenvalue weighted by atomic mass is 19.4. The zero-order valence-electron chi connectivity index (χ0n) is 23.7. The zero-order chi connectivity index (χ0) is 29.2. The molecule has 0 fully saturated rings. The molecule has 0 saturated carbocycles. The maximum Gasteiger partial charge on any atom is 0.394 e. The van der Waals surface area contributed by atoms with Crippen LogP contribution in [0.2, 0.25) is 0 Å². The minimum absolute atomic E-state index is 0.0645. The molecule has 2 aromatic heterocycles. The first-order valence-corrected chi connectivity index (χ1v) is 13.7. The topological polar surface area (TPSA) is 38.9 Å². The molecule has 6 aromatic rings. The maximum atomic E-state index is 13.5. The van der Waals surface area contributed by atoms with Crippen LogP contribution in [0.3, 0.4) is 0 Å². The summed E-state index contributed by atoms with van der Waals surface area (Å²) in [4.78, 5) is 9.41. The first kappa shape index (κ1) is 27.0. The summed E-state index contributed by atoms with van der Waals surface area (Å²) in [5.74, 6) is 0.0747. The van der Waals surface area contributed by atoms with Crippen molar-refractivity contribution >= 4 is 32.8 Å². The smallest absolute Gasteiger partial charge is 0.394 e. The summed E-state index contributed by atoms with van der Waals surface area (Å²) in [5.41, 5.74) is 4.80. The highest BCUT2D eigenvalue weighted by molar-refractivity contribution is 5.99.